The first kappa shape index (κ1) is 15.8. The number of carbonyl (C=O) groups is 1. The zero-order valence-corrected chi connectivity index (χ0v) is 12.7. The molecular weight excluding hydrogens is 309 g/mol. The Morgan fingerprint density at radius 1 is 1.10 bits per heavy atom. The summed E-state index contributed by atoms with van der Waals surface area (Å²) in [5, 5.41) is 13.1. The first-order chi connectivity index (χ1) is 10.1. The standard InChI is InChI=1S/C16H15Cl2NO2/c17-13-7-6-11(8-14(13)18)9-16(21)19-15(10-20)12-4-2-1-3-5-12/h1-8,15,20H,9-10H2,(H,19,21)/t15-/m1/s1. The maximum atomic E-state index is 12.1. The summed E-state index contributed by atoms with van der Waals surface area (Å²) in [7, 11) is 0. The molecule has 2 aromatic rings. The number of carbonyl (C=O) groups excluding carboxylic acids is 1. The van der Waals surface area contributed by atoms with Crippen molar-refractivity contribution in [2.75, 3.05) is 6.61 Å². The van der Waals surface area contributed by atoms with E-state index in [1.54, 1.807) is 18.2 Å². The Balaban J connectivity index is 2.01. The van der Waals surface area contributed by atoms with E-state index in [0.29, 0.717) is 10.0 Å². The van der Waals surface area contributed by atoms with Gasteiger partial charge in [-0.3, -0.25) is 4.79 Å². The summed E-state index contributed by atoms with van der Waals surface area (Å²) in [5.41, 5.74) is 1.63. The van der Waals surface area contributed by atoms with Crippen LogP contribution in [0, 0.1) is 0 Å². The summed E-state index contributed by atoms with van der Waals surface area (Å²) in [4.78, 5) is 12.1. The molecule has 0 fully saturated rings. The number of aliphatic hydroxyl groups is 1. The van der Waals surface area contributed by atoms with Crippen LogP contribution in [0.4, 0.5) is 0 Å². The molecule has 0 radical (unpaired) electrons. The first-order valence-electron chi connectivity index (χ1n) is 6.49. The Morgan fingerprint density at radius 2 is 1.81 bits per heavy atom. The molecule has 1 atom stereocenters. The Hall–Kier alpha value is -1.55. The molecule has 2 aromatic carbocycles. The topological polar surface area (TPSA) is 49.3 Å². The van der Waals surface area contributed by atoms with E-state index >= 15 is 0 Å². The van der Waals surface area contributed by atoms with Crippen molar-refractivity contribution in [2.24, 2.45) is 0 Å². The quantitative estimate of drug-likeness (QED) is 0.886. The summed E-state index contributed by atoms with van der Waals surface area (Å²) < 4.78 is 0. The van der Waals surface area contributed by atoms with Crippen molar-refractivity contribution in [2.45, 2.75) is 12.5 Å². The number of rotatable bonds is 5. The highest BCUT2D eigenvalue weighted by Gasteiger charge is 2.14. The molecule has 1 amide bonds. The van der Waals surface area contributed by atoms with E-state index in [9.17, 15) is 9.90 Å². The van der Waals surface area contributed by atoms with Gasteiger partial charge in [-0.2, -0.15) is 0 Å². The molecule has 0 saturated carbocycles. The van der Waals surface area contributed by atoms with Crippen LogP contribution < -0.4 is 5.32 Å². The Labute approximate surface area is 133 Å². The third kappa shape index (κ3) is 4.46. The van der Waals surface area contributed by atoms with Crippen molar-refractivity contribution in [3.63, 3.8) is 0 Å². The van der Waals surface area contributed by atoms with Crippen molar-refractivity contribution in [1.29, 1.82) is 0 Å². The minimum absolute atomic E-state index is 0.156. The molecule has 3 nitrogen and oxygen atoms in total. The number of aliphatic hydroxyl groups excluding tert-OH is 1. The highest BCUT2D eigenvalue weighted by Crippen LogP contribution is 2.23. The van der Waals surface area contributed by atoms with Crippen molar-refractivity contribution in [1.82, 2.24) is 5.32 Å². The molecule has 0 unspecified atom stereocenters. The molecule has 0 aromatic heterocycles. The zero-order valence-electron chi connectivity index (χ0n) is 11.2. The molecule has 0 heterocycles. The summed E-state index contributed by atoms with van der Waals surface area (Å²) in [5.74, 6) is -0.184. The lowest BCUT2D eigenvalue weighted by Crippen LogP contribution is -2.31. The maximum Gasteiger partial charge on any atom is 0.224 e. The lowest BCUT2D eigenvalue weighted by atomic mass is 10.1. The van der Waals surface area contributed by atoms with Crippen molar-refractivity contribution < 1.29 is 9.90 Å². The third-order valence-corrected chi connectivity index (χ3v) is 3.81. The van der Waals surface area contributed by atoms with Gasteiger partial charge in [0.25, 0.3) is 0 Å². The fraction of sp³-hybridized carbons (Fsp3) is 0.188. The lowest BCUT2D eigenvalue weighted by Gasteiger charge is -2.16. The highest BCUT2D eigenvalue weighted by atomic mass is 35.5. The second-order valence-corrected chi connectivity index (χ2v) is 5.45. The van der Waals surface area contributed by atoms with Gasteiger partial charge in [0, 0.05) is 0 Å². The lowest BCUT2D eigenvalue weighted by molar-refractivity contribution is -0.121. The van der Waals surface area contributed by atoms with E-state index in [1.807, 2.05) is 30.3 Å². The SMILES string of the molecule is O=C(Cc1ccc(Cl)c(Cl)c1)N[C@H](CO)c1ccccc1. The normalized spacial score (nSPS) is 12.0. The van der Waals surface area contributed by atoms with Gasteiger partial charge in [0.2, 0.25) is 5.91 Å². The Bertz CT molecular complexity index is 617. The van der Waals surface area contributed by atoms with Crippen LogP contribution in [0.15, 0.2) is 48.5 Å². The number of halogens is 2. The van der Waals surface area contributed by atoms with Crippen LogP contribution in [-0.4, -0.2) is 17.6 Å². The molecule has 21 heavy (non-hydrogen) atoms. The molecule has 5 heteroatoms. The van der Waals surface area contributed by atoms with Gasteiger partial charge in [-0.25, -0.2) is 0 Å². The van der Waals surface area contributed by atoms with Gasteiger partial charge in [-0.1, -0.05) is 59.6 Å². The number of hydrogen-bond acceptors (Lipinski definition) is 2. The van der Waals surface area contributed by atoms with E-state index in [-0.39, 0.29) is 18.9 Å². The molecule has 0 spiro atoms. The van der Waals surface area contributed by atoms with Crippen LogP contribution in [-0.2, 0) is 11.2 Å². The molecule has 0 aliphatic carbocycles. The molecule has 2 N–H and O–H groups in total. The number of hydrogen-bond donors (Lipinski definition) is 2. The fourth-order valence-corrected chi connectivity index (χ4v) is 2.32. The summed E-state index contributed by atoms with van der Waals surface area (Å²) >= 11 is 11.8. The number of nitrogens with one attached hydrogen (secondary N) is 1. The minimum Gasteiger partial charge on any atom is -0.394 e. The van der Waals surface area contributed by atoms with Gasteiger partial charge in [-0.05, 0) is 23.3 Å². The van der Waals surface area contributed by atoms with Crippen LogP contribution in [0.3, 0.4) is 0 Å². The molecule has 0 aliphatic heterocycles. The molecule has 0 bridgehead atoms. The van der Waals surface area contributed by atoms with Crippen molar-refractivity contribution in [3.8, 4) is 0 Å². The Morgan fingerprint density at radius 3 is 2.43 bits per heavy atom. The van der Waals surface area contributed by atoms with Crippen LogP contribution in [0.1, 0.15) is 17.2 Å². The zero-order chi connectivity index (χ0) is 15.2. The first-order valence-corrected chi connectivity index (χ1v) is 7.25. The van der Waals surface area contributed by atoms with Crippen LogP contribution in [0.25, 0.3) is 0 Å². The van der Waals surface area contributed by atoms with Crippen LogP contribution in [0.5, 0.6) is 0 Å². The highest BCUT2D eigenvalue weighted by molar-refractivity contribution is 6.42. The maximum absolute atomic E-state index is 12.1. The van der Waals surface area contributed by atoms with E-state index in [0.717, 1.165) is 11.1 Å². The second-order valence-electron chi connectivity index (χ2n) is 4.64. The van der Waals surface area contributed by atoms with Gasteiger partial charge in [-0.15, -0.1) is 0 Å². The monoisotopic (exact) mass is 323 g/mol. The average Bonchev–Trinajstić information content (AvgIpc) is 2.49. The van der Waals surface area contributed by atoms with Crippen LogP contribution >= 0.6 is 23.2 Å². The largest absolute Gasteiger partial charge is 0.394 e. The third-order valence-electron chi connectivity index (χ3n) is 3.07. The summed E-state index contributed by atoms with van der Waals surface area (Å²) in [6.07, 6.45) is 0.181. The van der Waals surface area contributed by atoms with Gasteiger partial charge in [0.1, 0.15) is 0 Å². The van der Waals surface area contributed by atoms with Crippen molar-refractivity contribution in [3.05, 3.63) is 69.7 Å². The smallest absolute Gasteiger partial charge is 0.224 e. The van der Waals surface area contributed by atoms with Gasteiger partial charge in [0.15, 0.2) is 0 Å². The average molecular weight is 324 g/mol. The predicted octanol–water partition coefficient (Wildman–Crippen LogP) is 3.39. The van der Waals surface area contributed by atoms with Gasteiger partial charge < -0.3 is 10.4 Å². The second kappa shape index (κ2) is 7.46. The minimum atomic E-state index is -0.415. The molecule has 110 valence electrons. The molecule has 0 aliphatic rings. The predicted molar refractivity (Wildman–Crippen MR) is 84.6 cm³/mol. The van der Waals surface area contributed by atoms with Crippen LogP contribution in [0.2, 0.25) is 10.0 Å². The Kier molecular flexibility index (Phi) is 5.62. The number of benzene rings is 2. The van der Waals surface area contributed by atoms with Crippen molar-refractivity contribution >= 4 is 29.1 Å². The van der Waals surface area contributed by atoms with E-state index in [1.165, 1.54) is 0 Å². The molecule has 2 rings (SSSR count). The fourth-order valence-electron chi connectivity index (χ4n) is 2.00. The van der Waals surface area contributed by atoms with E-state index in [4.69, 9.17) is 23.2 Å². The van der Waals surface area contributed by atoms with E-state index in [2.05, 4.69) is 5.32 Å². The molecular formula is C16H15Cl2NO2. The van der Waals surface area contributed by atoms with E-state index < -0.39 is 6.04 Å². The van der Waals surface area contributed by atoms with Gasteiger partial charge >= 0.3 is 0 Å². The van der Waals surface area contributed by atoms with Gasteiger partial charge in [0.05, 0.1) is 29.1 Å². The number of amides is 1. The molecule has 0 saturated heterocycles. The summed E-state index contributed by atoms with van der Waals surface area (Å²) in [6.45, 7) is -0.156. The summed E-state index contributed by atoms with van der Waals surface area (Å²) in [6, 6.07) is 14.0.